The molecule has 3 aliphatic heterocycles. The lowest BCUT2D eigenvalue weighted by Crippen LogP contribution is -2.54. The summed E-state index contributed by atoms with van der Waals surface area (Å²) in [5, 5.41) is 15.5. The van der Waals surface area contributed by atoms with Crippen molar-refractivity contribution in [3.63, 3.8) is 0 Å². The van der Waals surface area contributed by atoms with Crippen molar-refractivity contribution in [3.05, 3.63) is 42.1 Å². The van der Waals surface area contributed by atoms with E-state index in [1.165, 1.54) is 6.07 Å². The van der Waals surface area contributed by atoms with Crippen LogP contribution in [0.3, 0.4) is 0 Å². The molecule has 2 fully saturated rings. The molecule has 0 saturated carbocycles. The van der Waals surface area contributed by atoms with Crippen LogP contribution in [-0.4, -0.2) is 56.7 Å². The minimum atomic E-state index is -1.20. The molecule has 32 heavy (non-hydrogen) atoms. The zero-order valence-electron chi connectivity index (χ0n) is 18.2. The van der Waals surface area contributed by atoms with Crippen LogP contribution in [-0.2, 0) is 20.7 Å². The summed E-state index contributed by atoms with van der Waals surface area (Å²) < 4.78 is 32.4. The van der Waals surface area contributed by atoms with E-state index in [1.807, 2.05) is 22.8 Å². The van der Waals surface area contributed by atoms with E-state index in [0.29, 0.717) is 50.0 Å². The molecule has 1 aromatic heterocycles. The topological polar surface area (TPSA) is 90.2 Å². The van der Waals surface area contributed by atoms with Crippen LogP contribution >= 0.6 is 0 Å². The molecule has 0 aliphatic carbocycles. The maximum Gasteiger partial charge on any atom is 0.152 e. The van der Waals surface area contributed by atoms with Crippen molar-refractivity contribution in [2.75, 3.05) is 48.0 Å². The zero-order valence-corrected chi connectivity index (χ0v) is 18.2. The molecule has 4 unspecified atom stereocenters. The fourth-order valence-electron chi connectivity index (χ4n) is 5.30. The average Bonchev–Trinajstić information content (AvgIpc) is 3.37. The number of carbonyl (C=O) groups is 1. The third kappa shape index (κ3) is 3.40. The number of hydrogen-bond donors (Lipinski definition) is 1. The Morgan fingerprint density at radius 3 is 2.75 bits per heavy atom. The predicted octanol–water partition coefficient (Wildman–Crippen LogP) is 1.60. The SMILES string of the molecule is CCN1c2cc(N3CCOCC3)c(F)cc2NC2C1OC(C)(Cc1ccco1)C2C(=O)[O-]. The van der Waals surface area contributed by atoms with Crippen molar-refractivity contribution in [1.82, 2.24) is 0 Å². The maximum atomic E-state index is 15.1. The molecule has 9 heteroatoms. The molecular weight excluding hydrogens is 417 g/mol. The van der Waals surface area contributed by atoms with Crippen LogP contribution in [0.5, 0.6) is 0 Å². The molecule has 4 heterocycles. The van der Waals surface area contributed by atoms with Crippen molar-refractivity contribution in [1.29, 1.82) is 0 Å². The minimum Gasteiger partial charge on any atom is -0.550 e. The summed E-state index contributed by atoms with van der Waals surface area (Å²) in [6.07, 6.45) is 1.30. The van der Waals surface area contributed by atoms with Crippen LogP contribution in [0.25, 0.3) is 0 Å². The summed E-state index contributed by atoms with van der Waals surface area (Å²) >= 11 is 0. The van der Waals surface area contributed by atoms with Gasteiger partial charge in [-0.15, -0.1) is 0 Å². The molecule has 0 spiro atoms. The molecule has 8 nitrogen and oxygen atoms in total. The Balaban J connectivity index is 1.52. The van der Waals surface area contributed by atoms with E-state index in [0.717, 1.165) is 5.69 Å². The number of benzene rings is 1. The molecule has 0 radical (unpaired) electrons. The number of anilines is 3. The standard InChI is InChI=1S/C23H28FN3O5/c1-3-27-18-12-17(26-6-9-30-10-7-26)15(24)11-16(18)25-20-19(22(28)29)23(2,32-21(20)27)13-14-5-4-8-31-14/h4-5,8,11-12,19-21,25H,3,6-7,9-10,13H2,1-2H3,(H,28,29)/p-1. The van der Waals surface area contributed by atoms with Gasteiger partial charge >= 0.3 is 0 Å². The molecular formula is C23H27FN3O5-. The van der Waals surface area contributed by atoms with Gasteiger partial charge in [-0.05, 0) is 32.0 Å². The zero-order chi connectivity index (χ0) is 22.5. The number of aliphatic carboxylic acids is 1. The Labute approximate surface area is 185 Å². The highest BCUT2D eigenvalue weighted by atomic mass is 19.1. The maximum absolute atomic E-state index is 15.1. The molecule has 0 bridgehead atoms. The number of nitrogens with zero attached hydrogens (tertiary/aromatic N) is 2. The van der Waals surface area contributed by atoms with Crippen molar-refractivity contribution in [3.8, 4) is 0 Å². The van der Waals surface area contributed by atoms with E-state index in [9.17, 15) is 9.90 Å². The summed E-state index contributed by atoms with van der Waals surface area (Å²) in [5.74, 6) is -1.88. The van der Waals surface area contributed by atoms with Gasteiger partial charge in [0.2, 0.25) is 0 Å². The van der Waals surface area contributed by atoms with Gasteiger partial charge < -0.3 is 38.9 Å². The number of fused-ring (bicyclic) bond motifs is 2. The van der Waals surface area contributed by atoms with Gasteiger partial charge in [0.15, 0.2) is 6.23 Å². The number of carboxylic acids is 1. The molecule has 2 aromatic rings. The molecule has 1 aromatic carbocycles. The van der Waals surface area contributed by atoms with E-state index in [4.69, 9.17) is 13.9 Å². The van der Waals surface area contributed by atoms with Crippen LogP contribution in [0.4, 0.5) is 21.5 Å². The number of carboxylic acid groups (broad SMARTS) is 1. The summed E-state index contributed by atoms with van der Waals surface area (Å²) in [6.45, 7) is 6.66. The Hall–Kier alpha value is -2.78. The molecule has 0 amide bonds. The second-order valence-corrected chi connectivity index (χ2v) is 8.75. The highest BCUT2D eigenvalue weighted by Crippen LogP contribution is 2.48. The van der Waals surface area contributed by atoms with Crippen molar-refractivity contribution >= 4 is 23.0 Å². The number of morpholine rings is 1. The number of rotatable bonds is 5. The van der Waals surface area contributed by atoms with E-state index in [1.54, 1.807) is 25.3 Å². The van der Waals surface area contributed by atoms with Crippen molar-refractivity contribution in [2.24, 2.45) is 5.92 Å². The largest absolute Gasteiger partial charge is 0.550 e. The number of carbonyl (C=O) groups excluding carboxylic acids is 1. The normalized spacial score (nSPS) is 29.4. The Morgan fingerprint density at radius 1 is 1.31 bits per heavy atom. The summed E-state index contributed by atoms with van der Waals surface area (Å²) in [4.78, 5) is 16.2. The van der Waals surface area contributed by atoms with Gasteiger partial charge in [-0.1, -0.05) is 0 Å². The highest BCUT2D eigenvalue weighted by molar-refractivity contribution is 5.81. The van der Waals surface area contributed by atoms with Crippen LogP contribution in [0, 0.1) is 11.7 Å². The predicted molar refractivity (Wildman–Crippen MR) is 114 cm³/mol. The quantitative estimate of drug-likeness (QED) is 0.744. The number of halogens is 1. The monoisotopic (exact) mass is 444 g/mol. The first kappa shape index (κ1) is 21.1. The third-order valence-corrected chi connectivity index (χ3v) is 6.77. The molecule has 1 N–H and O–H groups in total. The van der Waals surface area contributed by atoms with Crippen molar-refractivity contribution < 1.29 is 28.2 Å². The molecule has 2 saturated heterocycles. The molecule has 172 valence electrons. The Bertz CT molecular complexity index is 994. The Morgan fingerprint density at radius 2 is 2.09 bits per heavy atom. The Kier molecular flexibility index (Phi) is 5.25. The van der Waals surface area contributed by atoms with Gasteiger partial charge in [0, 0.05) is 38.1 Å². The lowest BCUT2D eigenvalue weighted by molar-refractivity contribution is -0.315. The fraction of sp³-hybridized carbons (Fsp3) is 0.522. The van der Waals surface area contributed by atoms with E-state index < -0.39 is 29.8 Å². The van der Waals surface area contributed by atoms with E-state index >= 15 is 4.39 Å². The second kappa shape index (κ2) is 7.97. The van der Waals surface area contributed by atoms with Gasteiger partial charge in [-0.2, -0.15) is 0 Å². The summed E-state index contributed by atoms with van der Waals surface area (Å²) in [7, 11) is 0. The summed E-state index contributed by atoms with van der Waals surface area (Å²) in [5.41, 5.74) is 0.800. The number of likely N-dealkylation sites (N-methyl/N-ethyl adjacent to an activating group) is 1. The first-order valence-electron chi connectivity index (χ1n) is 11.0. The highest BCUT2D eigenvalue weighted by Gasteiger charge is 2.56. The molecule has 3 aliphatic rings. The summed E-state index contributed by atoms with van der Waals surface area (Å²) in [6, 6.07) is 6.24. The average molecular weight is 444 g/mol. The third-order valence-electron chi connectivity index (χ3n) is 6.77. The number of hydrogen-bond acceptors (Lipinski definition) is 8. The smallest absolute Gasteiger partial charge is 0.152 e. The van der Waals surface area contributed by atoms with Gasteiger partial charge in [-0.3, -0.25) is 0 Å². The van der Waals surface area contributed by atoms with Crippen LogP contribution in [0.2, 0.25) is 0 Å². The van der Waals surface area contributed by atoms with Gasteiger partial charge in [0.1, 0.15) is 11.6 Å². The second-order valence-electron chi connectivity index (χ2n) is 8.75. The van der Waals surface area contributed by atoms with Gasteiger partial charge in [0.05, 0.1) is 54.1 Å². The van der Waals surface area contributed by atoms with Crippen molar-refractivity contribution in [2.45, 2.75) is 38.1 Å². The first-order chi connectivity index (χ1) is 15.4. The number of nitrogens with one attached hydrogen (secondary N) is 1. The minimum absolute atomic E-state index is 0.286. The van der Waals surface area contributed by atoms with E-state index in [2.05, 4.69) is 5.32 Å². The van der Waals surface area contributed by atoms with Crippen LogP contribution in [0.15, 0.2) is 34.9 Å². The molecule has 4 atom stereocenters. The van der Waals surface area contributed by atoms with Crippen LogP contribution in [0.1, 0.15) is 19.6 Å². The van der Waals surface area contributed by atoms with Gasteiger partial charge in [-0.25, -0.2) is 4.39 Å². The van der Waals surface area contributed by atoms with Gasteiger partial charge in [0.25, 0.3) is 0 Å². The van der Waals surface area contributed by atoms with E-state index in [-0.39, 0.29) is 12.2 Å². The first-order valence-corrected chi connectivity index (χ1v) is 11.0. The number of ether oxygens (including phenoxy) is 2. The van der Waals surface area contributed by atoms with Crippen LogP contribution < -0.4 is 20.2 Å². The lowest BCUT2D eigenvalue weighted by atomic mass is 9.81. The lowest BCUT2D eigenvalue weighted by Gasteiger charge is -2.42. The number of furan rings is 1. The fourth-order valence-corrected chi connectivity index (χ4v) is 5.30. The molecule has 5 rings (SSSR count).